The average Bonchev–Trinajstić information content (AvgIpc) is 3.14. The summed E-state index contributed by atoms with van der Waals surface area (Å²) in [5, 5.41) is 22.6. The second-order valence-corrected chi connectivity index (χ2v) is 8.09. The Balaban J connectivity index is 1.96. The highest BCUT2D eigenvalue weighted by molar-refractivity contribution is 5.99. The van der Waals surface area contributed by atoms with Crippen LogP contribution in [-0.2, 0) is 6.54 Å². The van der Waals surface area contributed by atoms with E-state index in [0.29, 0.717) is 5.69 Å². The predicted molar refractivity (Wildman–Crippen MR) is 124 cm³/mol. The highest BCUT2D eigenvalue weighted by atomic mass is 19.1. The van der Waals surface area contributed by atoms with Gasteiger partial charge in [0.05, 0.1) is 17.3 Å². The molecule has 0 fully saturated rings. The van der Waals surface area contributed by atoms with Gasteiger partial charge in [-0.1, -0.05) is 13.8 Å². The van der Waals surface area contributed by atoms with Crippen molar-refractivity contribution < 1.29 is 19.1 Å². The number of nitrogens with two attached hydrogens (primary N) is 1. The SMILES string of the molecule is CCn1ncc2cc(Nc3nc(N[C@@H](C(C)C)[C@H](C)NC(=O)O)c(F)cc3C(N)=O)ccc21. The van der Waals surface area contributed by atoms with Crippen LogP contribution in [0.15, 0.2) is 30.5 Å². The number of carboxylic acid groups (broad SMARTS) is 1. The number of carbonyl (C=O) groups excluding carboxylic acids is 1. The van der Waals surface area contributed by atoms with Crippen LogP contribution >= 0.6 is 0 Å². The van der Waals surface area contributed by atoms with Gasteiger partial charge in [-0.3, -0.25) is 9.48 Å². The Labute approximate surface area is 190 Å². The second kappa shape index (κ2) is 9.72. The number of hydrogen-bond donors (Lipinski definition) is 5. The van der Waals surface area contributed by atoms with E-state index in [0.717, 1.165) is 23.5 Å². The summed E-state index contributed by atoms with van der Waals surface area (Å²) in [7, 11) is 0. The van der Waals surface area contributed by atoms with E-state index in [-0.39, 0.29) is 23.1 Å². The molecule has 3 rings (SSSR count). The Morgan fingerprint density at radius 2 is 1.94 bits per heavy atom. The molecule has 6 N–H and O–H groups in total. The molecule has 0 aliphatic rings. The molecule has 11 heteroatoms. The predicted octanol–water partition coefficient (Wildman–Crippen LogP) is 3.53. The highest BCUT2D eigenvalue weighted by Crippen LogP contribution is 2.27. The summed E-state index contributed by atoms with van der Waals surface area (Å²) in [6.07, 6.45) is 0.547. The van der Waals surface area contributed by atoms with Crippen molar-refractivity contribution in [3.63, 3.8) is 0 Å². The molecule has 33 heavy (non-hydrogen) atoms. The van der Waals surface area contributed by atoms with Gasteiger partial charge >= 0.3 is 6.09 Å². The molecule has 0 saturated heterocycles. The smallest absolute Gasteiger partial charge is 0.404 e. The number of fused-ring (bicyclic) bond motifs is 1. The van der Waals surface area contributed by atoms with Crippen molar-refractivity contribution >= 4 is 40.2 Å². The van der Waals surface area contributed by atoms with Crippen molar-refractivity contribution in [3.8, 4) is 0 Å². The molecule has 2 aromatic heterocycles. The molecule has 0 unspecified atom stereocenters. The zero-order valence-electron chi connectivity index (χ0n) is 18.9. The minimum atomic E-state index is -1.18. The molecular formula is C22H28FN7O3. The first-order valence-electron chi connectivity index (χ1n) is 10.6. The number of anilines is 3. The van der Waals surface area contributed by atoms with Crippen molar-refractivity contribution in [3.05, 3.63) is 41.8 Å². The molecule has 0 bridgehead atoms. The molecular weight excluding hydrogens is 429 g/mol. The van der Waals surface area contributed by atoms with Gasteiger partial charge in [0, 0.05) is 29.7 Å². The van der Waals surface area contributed by atoms with Gasteiger partial charge in [-0.2, -0.15) is 5.10 Å². The number of carbonyl (C=O) groups is 2. The molecule has 3 aromatic rings. The lowest BCUT2D eigenvalue weighted by Gasteiger charge is -2.29. The minimum absolute atomic E-state index is 0.0576. The van der Waals surface area contributed by atoms with Crippen LogP contribution in [0.1, 0.15) is 38.1 Å². The molecule has 0 aliphatic heterocycles. The summed E-state index contributed by atoms with van der Waals surface area (Å²) in [6.45, 7) is 8.14. The number of halogens is 1. The van der Waals surface area contributed by atoms with Gasteiger partial charge in [-0.05, 0) is 44.0 Å². The largest absolute Gasteiger partial charge is 0.465 e. The van der Waals surface area contributed by atoms with E-state index in [4.69, 9.17) is 10.8 Å². The number of aryl methyl sites for hydroxylation is 1. The van der Waals surface area contributed by atoms with Crippen LogP contribution < -0.4 is 21.7 Å². The van der Waals surface area contributed by atoms with Gasteiger partial charge < -0.3 is 26.8 Å². The first-order chi connectivity index (χ1) is 15.6. The van der Waals surface area contributed by atoms with Crippen LogP contribution in [0, 0.1) is 11.7 Å². The lowest BCUT2D eigenvalue weighted by Crippen LogP contribution is -2.47. The van der Waals surface area contributed by atoms with E-state index in [1.165, 1.54) is 0 Å². The molecule has 0 aliphatic carbocycles. The summed E-state index contributed by atoms with van der Waals surface area (Å²) in [5.74, 6) is -1.72. The number of hydrogen-bond acceptors (Lipinski definition) is 6. The fourth-order valence-corrected chi connectivity index (χ4v) is 3.74. The Morgan fingerprint density at radius 1 is 1.21 bits per heavy atom. The molecule has 176 valence electrons. The van der Waals surface area contributed by atoms with Crippen molar-refractivity contribution in [2.45, 2.75) is 46.3 Å². The van der Waals surface area contributed by atoms with Gasteiger partial charge in [0.25, 0.3) is 5.91 Å². The molecule has 0 radical (unpaired) electrons. The monoisotopic (exact) mass is 457 g/mol. The molecule has 2 heterocycles. The summed E-state index contributed by atoms with van der Waals surface area (Å²) in [6, 6.07) is 5.54. The van der Waals surface area contributed by atoms with Crippen LogP contribution in [0.2, 0.25) is 0 Å². The van der Waals surface area contributed by atoms with Crippen LogP contribution in [0.3, 0.4) is 0 Å². The summed E-state index contributed by atoms with van der Waals surface area (Å²) in [5.41, 5.74) is 6.91. The maximum absolute atomic E-state index is 14.8. The number of aromatic nitrogens is 3. The van der Waals surface area contributed by atoms with Gasteiger partial charge in [-0.25, -0.2) is 14.2 Å². The molecule has 0 spiro atoms. The van der Waals surface area contributed by atoms with E-state index in [1.807, 2.05) is 37.6 Å². The standard InChI is InChI=1S/C22H28FN7O3/c1-5-30-17-7-6-14(8-13(17)10-25-30)27-20-15(19(24)31)9-16(23)21(29-20)28-18(11(2)3)12(4)26-22(32)33/h6-12,18,26H,5H2,1-4H3,(H2,24,31)(H,32,33)(H2,27,28,29)/t12-,18-/m0/s1. The Bertz CT molecular complexity index is 1180. The summed E-state index contributed by atoms with van der Waals surface area (Å²) < 4.78 is 16.7. The third-order valence-electron chi connectivity index (χ3n) is 5.36. The maximum Gasteiger partial charge on any atom is 0.404 e. The second-order valence-electron chi connectivity index (χ2n) is 8.09. The maximum atomic E-state index is 14.8. The van der Waals surface area contributed by atoms with Gasteiger partial charge in [0.15, 0.2) is 11.6 Å². The summed E-state index contributed by atoms with van der Waals surface area (Å²) >= 11 is 0. The number of rotatable bonds is 9. The number of benzene rings is 1. The van der Waals surface area contributed by atoms with E-state index < -0.39 is 29.9 Å². The van der Waals surface area contributed by atoms with Gasteiger partial charge in [-0.15, -0.1) is 0 Å². The van der Waals surface area contributed by atoms with E-state index in [2.05, 4.69) is 26.0 Å². The highest BCUT2D eigenvalue weighted by Gasteiger charge is 2.25. The van der Waals surface area contributed by atoms with E-state index >= 15 is 0 Å². The first kappa shape index (κ1) is 23.8. The van der Waals surface area contributed by atoms with Gasteiger partial charge in [0.2, 0.25) is 0 Å². The van der Waals surface area contributed by atoms with E-state index in [1.54, 1.807) is 19.2 Å². The fraction of sp³-hybridized carbons (Fsp3) is 0.364. The fourth-order valence-electron chi connectivity index (χ4n) is 3.74. The topological polar surface area (TPSA) is 147 Å². The number of pyridine rings is 1. The quantitative estimate of drug-likeness (QED) is 0.330. The first-order valence-corrected chi connectivity index (χ1v) is 10.6. The Hall–Kier alpha value is -3.89. The van der Waals surface area contributed by atoms with Crippen LogP contribution in [0.25, 0.3) is 10.9 Å². The molecule has 1 aromatic carbocycles. The lowest BCUT2D eigenvalue weighted by atomic mass is 9.97. The van der Waals surface area contributed by atoms with Crippen molar-refractivity contribution in [2.75, 3.05) is 10.6 Å². The van der Waals surface area contributed by atoms with Gasteiger partial charge in [0.1, 0.15) is 5.82 Å². The van der Waals surface area contributed by atoms with Crippen molar-refractivity contribution in [2.24, 2.45) is 11.7 Å². The van der Waals surface area contributed by atoms with Crippen molar-refractivity contribution in [1.82, 2.24) is 20.1 Å². The van der Waals surface area contributed by atoms with Crippen LogP contribution in [0.4, 0.5) is 26.5 Å². The number of nitrogens with one attached hydrogen (secondary N) is 3. The molecule has 2 atom stereocenters. The zero-order valence-corrected chi connectivity index (χ0v) is 18.9. The van der Waals surface area contributed by atoms with E-state index in [9.17, 15) is 14.0 Å². The summed E-state index contributed by atoms with van der Waals surface area (Å²) in [4.78, 5) is 27.3. The molecule has 10 nitrogen and oxygen atoms in total. The molecule has 0 saturated carbocycles. The normalized spacial score (nSPS) is 13.0. The Kier molecular flexibility index (Phi) is 7.00. The Morgan fingerprint density at radius 3 is 2.55 bits per heavy atom. The average molecular weight is 458 g/mol. The zero-order chi connectivity index (χ0) is 24.3. The number of primary amides is 1. The number of nitrogens with zero attached hydrogens (tertiary/aromatic N) is 3. The van der Waals surface area contributed by atoms with Crippen molar-refractivity contribution in [1.29, 1.82) is 0 Å². The third kappa shape index (κ3) is 5.30. The third-order valence-corrected chi connectivity index (χ3v) is 5.36. The van der Waals surface area contributed by atoms with Crippen LogP contribution in [0.5, 0.6) is 0 Å². The van der Waals surface area contributed by atoms with Crippen LogP contribution in [-0.4, -0.2) is 44.0 Å². The number of amides is 2. The molecule has 2 amide bonds. The minimum Gasteiger partial charge on any atom is -0.465 e. The lowest BCUT2D eigenvalue weighted by molar-refractivity contribution is 0.1000.